The third-order valence-electron chi connectivity index (χ3n) is 4.48. The van der Waals surface area contributed by atoms with E-state index in [4.69, 9.17) is 14.3 Å². The standard InChI is InChI=1S/C20H23N3O5/c1-13(17-8-5-11-28-17)21-15-6-3-4-7-16(15)22-18-14(20(26)27-2)12-23(9-10-24)19(18)25/h3-8,11,13,21-22,24H,9-10,12H2,1-2H3. The number of carbonyl (C=O) groups excluding carboxylic acids is 2. The minimum absolute atomic E-state index is 0.0901. The smallest absolute Gasteiger partial charge is 0.337 e. The molecular formula is C20H23N3O5. The maximum absolute atomic E-state index is 12.7. The molecule has 1 amide bonds. The SMILES string of the molecule is COC(=O)C1=C(Nc2ccccc2NC(C)c2ccco2)C(=O)N(CCO)C1. The molecule has 0 radical (unpaired) electrons. The van der Waals surface area contributed by atoms with Crippen LogP contribution >= 0.6 is 0 Å². The molecule has 1 aromatic heterocycles. The van der Waals surface area contributed by atoms with Crippen LogP contribution < -0.4 is 10.6 Å². The number of esters is 1. The fourth-order valence-electron chi connectivity index (χ4n) is 3.04. The van der Waals surface area contributed by atoms with Gasteiger partial charge in [0.15, 0.2) is 0 Å². The number of furan rings is 1. The van der Waals surface area contributed by atoms with Gasteiger partial charge in [-0.05, 0) is 31.2 Å². The molecule has 1 atom stereocenters. The Bertz CT molecular complexity index is 876. The minimum Gasteiger partial charge on any atom is -0.467 e. The molecule has 0 saturated carbocycles. The highest BCUT2D eigenvalue weighted by molar-refractivity contribution is 6.09. The van der Waals surface area contributed by atoms with E-state index in [1.807, 2.05) is 37.3 Å². The zero-order valence-corrected chi connectivity index (χ0v) is 15.8. The summed E-state index contributed by atoms with van der Waals surface area (Å²) in [7, 11) is 1.27. The van der Waals surface area contributed by atoms with Gasteiger partial charge in [0.05, 0.1) is 49.5 Å². The second kappa shape index (κ2) is 8.62. The minimum atomic E-state index is -0.578. The quantitative estimate of drug-likeness (QED) is 0.598. The number of aliphatic hydroxyl groups excluding tert-OH is 1. The average molecular weight is 385 g/mol. The number of para-hydroxylation sites is 2. The summed E-state index contributed by atoms with van der Waals surface area (Å²) in [6, 6.07) is 11.0. The number of hydrogen-bond acceptors (Lipinski definition) is 7. The van der Waals surface area contributed by atoms with Gasteiger partial charge in [-0.15, -0.1) is 0 Å². The van der Waals surface area contributed by atoms with Gasteiger partial charge >= 0.3 is 5.97 Å². The van der Waals surface area contributed by atoms with Crippen molar-refractivity contribution in [2.45, 2.75) is 13.0 Å². The highest BCUT2D eigenvalue weighted by atomic mass is 16.5. The third kappa shape index (κ3) is 4.01. The lowest BCUT2D eigenvalue weighted by Crippen LogP contribution is -2.31. The van der Waals surface area contributed by atoms with Gasteiger partial charge in [-0.3, -0.25) is 4.79 Å². The molecule has 28 heavy (non-hydrogen) atoms. The zero-order valence-electron chi connectivity index (χ0n) is 15.8. The van der Waals surface area contributed by atoms with Crippen molar-refractivity contribution in [3.63, 3.8) is 0 Å². The number of aliphatic hydroxyl groups is 1. The molecule has 8 nitrogen and oxygen atoms in total. The van der Waals surface area contributed by atoms with Crippen LogP contribution in [0.4, 0.5) is 11.4 Å². The molecule has 2 heterocycles. The van der Waals surface area contributed by atoms with Gasteiger partial charge in [-0.1, -0.05) is 12.1 Å². The first-order valence-corrected chi connectivity index (χ1v) is 8.92. The number of ether oxygens (including phenoxy) is 1. The molecule has 1 aliphatic heterocycles. The molecule has 148 valence electrons. The molecule has 0 spiro atoms. The lowest BCUT2D eigenvalue weighted by Gasteiger charge is -2.18. The number of anilines is 2. The Hall–Kier alpha value is -3.26. The van der Waals surface area contributed by atoms with Gasteiger partial charge in [0, 0.05) is 6.54 Å². The summed E-state index contributed by atoms with van der Waals surface area (Å²) in [4.78, 5) is 26.2. The number of rotatable bonds is 8. The van der Waals surface area contributed by atoms with E-state index in [9.17, 15) is 9.59 Å². The highest BCUT2D eigenvalue weighted by Gasteiger charge is 2.34. The van der Waals surface area contributed by atoms with E-state index < -0.39 is 5.97 Å². The second-order valence-electron chi connectivity index (χ2n) is 6.35. The largest absolute Gasteiger partial charge is 0.467 e. The summed E-state index contributed by atoms with van der Waals surface area (Å²) in [6.07, 6.45) is 1.61. The molecule has 1 aliphatic rings. The summed E-state index contributed by atoms with van der Waals surface area (Å²) < 4.78 is 10.2. The van der Waals surface area contributed by atoms with Crippen molar-refractivity contribution in [3.05, 3.63) is 59.7 Å². The molecule has 0 fully saturated rings. The average Bonchev–Trinajstić information content (AvgIpc) is 3.33. The van der Waals surface area contributed by atoms with Gasteiger partial charge in [0.25, 0.3) is 5.91 Å². The van der Waals surface area contributed by atoms with Crippen LogP contribution in [0, 0.1) is 0 Å². The molecule has 1 unspecified atom stereocenters. The van der Waals surface area contributed by atoms with E-state index in [0.717, 1.165) is 11.4 Å². The van der Waals surface area contributed by atoms with Crippen LogP contribution in [-0.4, -0.2) is 48.7 Å². The molecule has 0 saturated heterocycles. The first kappa shape index (κ1) is 19.5. The maximum atomic E-state index is 12.7. The van der Waals surface area contributed by atoms with Crippen LogP contribution in [0.15, 0.2) is 58.3 Å². The summed E-state index contributed by atoms with van der Waals surface area (Å²) >= 11 is 0. The van der Waals surface area contributed by atoms with E-state index >= 15 is 0 Å². The van der Waals surface area contributed by atoms with Crippen molar-refractivity contribution in [1.82, 2.24) is 4.90 Å². The first-order valence-electron chi connectivity index (χ1n) is 8.92. The lowest BCUT2D eigenvalue weighted by molar-refractivity contribution is -0.136. The fourth-order valence-corrected chi connectivity index (χ4v) is 3.04. The van der Waals surface area contributed by atoms with Crippen LogP contribution in [-0.2, 0) is 14.3 Å². The number of nitrogens with one attached hydrogen (secondary N) is 2. The molecule has 3 rings (SSSR count). The second-order valence-corrected chi connectivity index (χ2v) is 6.35. The van der Waals surface area contributed by atoms with Gasteiger partial charge in [0.2, 0.25) is 0 Å². The lowest BCUT2D eigenvalue weighted by atomic mass is 10.2. The van der Waals surface area contributed by atoms with E-state index in [-0.39, 0.29) is 42.9 Å². The van der Waals surface area contributed by atoms with Crippen molar-refractivity contribution in [2.24, 2.45) is 0 Å². The predicted octanol–water partition coefficient (Wildman–Crippen LogP) is 2.13. The molecule has 0 aliphatic carbocycles. The Balaban J connectivity index is 1.87. The van der Waals surface area contributed by atoms with E-state index in [1.165, 1.54) is 12.0 Å². The summed E-state index contributed by atoms with van der Waals surface area (Å²) in [5.41, 5.74) is 1.77. The Morgan fingerprint density at radius 2 is 2.04 bits per heavy atom. The van der Waals surface area contributed by atoms with Crippen LogP contribution in [0.3, 0.4) is 0 Å². The van der Waals surface area contributed by atoms with Gasteiger partial charge in [-0.2, -0.15) is 0 Å². The summed E-state index contributed by atoms with van der Waals surface area (Å²) in [5.74, 6) is -0.163. The number of carbonyl (C=O) groups is 2. The third-order valence-corrected chi connectivity index (χ3v) is 4.48. The Labute approximate surface area is 162 Å². The molecule has 1 aromatic carbocycles. The number of hydrogen-bond donors (Lipinski definition) is 3. The Morgan fingerprint density at radius 3 is 2.68 bits per heavy atom. The number of benzene rings is 1. The predicted molar refractivity (Wildman–Crippen MR) is 104 cm³/mol. The number of β-amino-alcohol motifs (C(OH)–C–C–N with tert-alkyl or cyclic N) is 1. The normalized spacial score (nSPS) is 15.0. The fraction of sp³-hybridized carbons (Fsp3) is 0.300. The molecular weight excluding hydrogens is 362 g/mol. The van der Waals surface area contributed by atoms with Crippen LogP contribution in [0.1, 0.15) is 18.7 Å². The maximum Gasteiger partial charge on any atom is 0.337 e. The van der Waals surface area contributed by atoms with E-state index in [2.05, 4.69) is 10.6 Å². The van der Waals surface area contributed by atoms with Gasteiger partial charge in [0.1, 0.15) is 11.5 Å². The van der Waals surface area contributed by atoms with Crippen molar-refractivity contribution < 1.29 is 23.8 Å². The summed E-state index contributed by atoms with van der Waals surface area (Å²) in [6.45, 7) is 2.00. The van der Waals surface area contributed by atoms with Crippen molar-refractivity contribution in [3.8, 4) is 0 Å². The summed E-state index contributed by atoms with van der Waals surface area (Å²) in [5, 5.41) is 15.6. The van der Waals surface area contributed by atoms with Crippen LogP contribution in [0.2, 0.25) is 0 Å². The van der Waals surface area contributed by atoms with E-state index in [1.54, 1.807) is 12.3 Å². The van der Waals surface area contributed by atoms with Gasteiger partial charge < -0.3 is 29.8 Å². The molecule has 3 N–H and O–H groups in total. The Kier molecular flexibility index (Phi) is 6.00. The van der Waals surface area contributed by atoms with E-state index in [0.29, 0.717) is 5.69 Å². The van der Waals surface area contributed by atoms with Crippen molar-refractivity contribution in [1.29, 1.82) is 0 Å². The van der Waals surface area contributed by atoms with Crippen molar-refractivity contribution in [2.75, 3.05) is 37.4 Å². The number of amides is 1. The van der Waals surface area contributed by atoms with Crippen LogP contribution in [0.25, 0.3) is 0 Å². The van der Waals surface area contributed by atoms with Crippen LogP contribution in [0.5, 0.6) is 0 Å². The Morgan fingerprint density at radius 1 is 1.29 bits per heavy atom. The number of methoxy groups -OCH3 is 1. The molecule has 0 bridgehead atoms. The van der Waals surface area contributed by atoms with Crippen molar-refractivity contribution >= 4 is 23.3 Å². The zero-order chi connectivity index (χ0) is 20.1. The number of nitrogens with zero attached hydrogens (tertiary/aromatic N) is 1. The first-order chi connectivity index (χ1) is 13.5. The topological polar surface area (TPSA) is 104 Å². The molecule has 8 heteroatoms. The van der Waals surface area contributed by atoms with Gasteiger partial charge in [-0.25, -0.2) is 4.79 Å². The highest BCUT2D eigenvalue weighted by Crippen LogP contribution is 2.30. The monoisotopic (exact) mass is 385 g/mol. The molecule has 2 aromatic rings.